The van der Waals surface area contributed by atoms with E-state index in [0.717, 1.165) is 38.6 Å². The first kappa shape index (κ1) is 16.3. The van der Waals surface area contributed by atoms with Gasteiger partial charge in [-0.3, -0.25) is 4.79 Å². The van der Waals surface area contributed by atoms with E-state index in [9.17, 15) is 4.79 Å². The zero-order valence-corrected chi connectivity index (χ0v) is 15.2. The van der Waals surface area contributed by atoms with Gasteiger partial charge in [0.05, 0.1) is 11.9 Å². The van der Waals surface area contributed by atoms with Gasteiger partial charge in [-0.25, -0.2) is 9.97 Å². The minimum atomic E-state index is -0.185. The van der Waals surface area contributed by atoms with Crippen LogP contribution in [0.5, 0.6) is 0 Å². The Labute approximate surface area is 160 Å². The van der Waals surface area contributed by atoms with E-state index in [1.165, 1.54) is 6.92 Å². The highest BCUT2D eigenvalue weighted by molar-refractivity contribution is 6.01. The largest absolute Gasteiger partial charge is 0.360 e. The molecule has 6 heteroatoms. The van der Waals surface area contributed by atoms with Gasteiger partial charge in [0.25, 0.3) is 0 Å². The molecule has 0 aliphatic carbocycles. The van der Waals surface area contributed by atoms with Crippen LogP contribution in [-0.4, -0.2) is 25.8 Å². The number of nitrogens with zero attached hydrogens (tertiary/aromatic N) is 2. The zero-order valence-electron chi connectivity index (χ0n) is 15.2. The van der Waals surface area contributed by atoms with Crippen LogP contribution in [0.4, 0.5) is 5.82 Å². The number of aromatic amines is 2. The van der Waals surface area contributed by atoms with Gasteiger partial charge in [0, 0.05) is 52.3 Å². The molecule has 0 unspecified atom stereocenters. The molecule has 5 rings (SSSR count). The highest BCUT2D eigenvalue weighted by atomic mass is 16.1. The summed E-state index contributed by atoms with van der Waals surface area (Å²) in [5.74, 6) is 0.260. The number of fused-ring (bicyclic) bond motifs is 2. The number of nitrogens with one attached hydrogen (secondary N) is 3. The lowest BCUT2D eigenvalue weighted by atomic mass is 10.1. The minimum absolute atomic E-state index is 0.185. The van der Waals surface area contributed by atoms with Crippen LogP contribution in [0.25, 0.3) is 44.3 Å². The number of aromatic nitrogens is 4. The number of hydrogen-bond donors (Lipinski definition) is 3. The summed E-state index contributed by atoms with van der Waals surface area (Å²) < 4.78 is 0. The molecule has 3 heterocycles. The van der Waals surface area contributed by atoms with Crippen LogP contribution >= 0.6 is 0 Å². The molecular formula is C22H17N5O. The van der Waals surface area contributed by atoms with Crippen molar-refractivity contribution in [3.05, 3.63) is 67.1 Å². The standard InChI is InChI=1S/C22H17N5O/c1-13(28)26-22-21(17-11-24-19-9-5-3-7-15(17)19)27-20(12-25-22)16-10-23-18-8-4-2-6-14(16)18/h2-12,23-24H,1H3,(H,25,26,28). The molecule has 0 bridgehead atoms. The summed E-state index contributed by atoms with van der Waals surface area (Å²) in [7, 11) is 0. The van der Waals surface area contributed by atoms with Crippen LogP contribution in [0.3, 0.4) is 0 Å². The zero-order chi connectivity index (χ0) is 19.1. The van der Waals surface area contributed by atoms with Gasteiger partial charge in [0.2, 0.25) is 5.91 Å². The molecule has 3 N–H and O–H groups in total. The van der Waals surface area contributed by atoms with E-state index in [0.29, 0.717) is 11.5 Å². The van der Waals surface area contributed by atoms with Crippen LogP contribution in [0.1, 0.15) is 6.92 Å². The quantitative estimate of drug-likeness (QED) is 0.431. The van der Waals surface area contributed by atoms with Gasteiger partial charge in [-0.1, -0.05) is 36.4 Å². The summed E-state index contributed by atoms with van der Waals surface area (Å²) in [5.41, 5.74) is 5.29. The molecule has 0 saturated carbocycles. The maximum atomic E-state index is 11.7. The molecule has 0 spiro atoms. The molecule has 136 valence electrons. The Morgan fingerprint density at radius 3 is 2.18 bits per heavy atom. The molecular weight excluding hydrogens is 350 g/mol. The van der Waals surface area contributed by atoms with Gasteiger partial charge in [-0.15, -0.1) is 0 Å². The summed E-state index contributed by atoms with van der Waals surface area (Å²) in [5, 5.41) is 4.91. The second-order valence-corrected chi connectivity index (χ2v) is 6.63. The maximum absolute atomic E-state index is 11.7. The van der Waals surface area contributed by atoms with Gasteiger partial charge in [0.15, 0.2) is 5.82 Å². The van der Waals surface area contributed by atoms with Crippen molar-refractivity contribution in [3.8, 4) is 22.5 Å². The SMILES string of the molecule is CC(=O)Nc1ncc(-c2c[nH]c3ccccc23)nc1-c1c[nH]c2ccccc12. The first-order valence-corrected chi connectivity index (χ1v) is 8.98. The molecule has 0 aliphatic heterocycles. The fourth-order valence-corrected chi connectivity index (χ4v) is 3.52. The molecule has 5 aromatic rings. The fourth-order valence-electron chi connectivity index (χ4n) is 3.52. The van der Waals surface area contributed by atoms with E-state index < -0.39 is 0 Å². The van der Waals surface area contributed by atoms with Gasteiger partial charge in [-0.2, -0.15) is 0 Å². The Hall–Kier alpha value is -3.93. The number of carbonyl (C=O) groups excluding carboxylic acids is 1. The Bertz CT molecular complexity index is 1330. The van der Waals surface area contributed by atoms with Crippen molar-refractivity contribution < 1.29 is 4.79 Å². The topological polar surface area (TPSA) is 86.5 Å². The van der Waals surface area contributed by atoms with E-state index in [2.05, 4.69) is 26.3 Å². The maximum Gasteiger partial charge on any atom is 0.222 e. The highest BCUT2D eigenvalue weighted by Gasteiger charge is 2.17. The number of para-hydroxylation sites is 2. The molecule has 2 aromatic carbocycles. The van der Waals surface area contributed by atoms with Crippen molar-refractivity contribution in [1.29, 1.82) is 0 Å². The lowest BCUT2D eigenvalue weighted by Crippen LogP contribution is -2.10. The minimum Gasteiger partial charge on any atom is -0.360 e. The number of hydrogen-bond acceptors (Lipinski definition) is 3. The predicted molar refractivity (Wildman–Crippen MR) is 111 cm³/mol. The number of benzene rings is 2. The molecule has 0 aliphatic rings. The van der Waals surface area contributed by atoms with Crippen LogP contribution in [0.2, 0.25) is 0 Å². The summed E-state index contributed by atoms with van der Waals surface area (Å²) in [4.78, 5) is 27.6. The van der Waals surface area contributed by atoms with Crippen molar-refractivity contribution in [3.63, 3.8) is 0 Å². The Balaban J connectivity index is 1.74. The van der Waals surface area contributed by atoms with Crippen molar-refractivity contribution in [2.45, 2.75) is 6.92 Å². The third kappa shape index (κ3) is 2.63. The molecule has 0 saturated heterocycles. The second kappa shape index (κ2) is 6.35. The normalized spacial score (nSPS) is 11.2. The van der Waals surface area contributed by atoms with E-state index in [1.54, 1.807) is 6.20 Å². The van der Waals surface area contributed by atoms with Crippen LogP contribution < -0.4 is 5.32 Å². The number of anilines is 1. The fraction of sp³-hybridized carbons (Fsp3) is 0.0455. The predicted octanol–water partition coefficient (Wildman–Crippen LogP) is 4.73. The van der Waals surface area contributed by atoms with E-state index in [4.69, 9.17) is 4.98 Å². The van der Waals surface area contributed by atoms with Gasteiger partial charge < -0.3 is 15.3 Å². The van der Waals surface area contributed by atoms with Crippen LogP contribution in [0, 0.1) is 0 Å². The van der Waals surface area contributed by atoms with E-state index in [1.807, 2.05) is 54.9 Å². The average molecular weight is 367 g/mol. The summed E-state index contributed by atoms with van der Waals surface area (Å²) >= 11 is 0. The van der Waals surface area contributed by atoms with Crippen LogP contribution in [-0.2, 0) is 4.79 Å². The van der Waals surface area contributed by atoms with E-state index in [-0.39, 0.29) is 5.91 Å². The number of amides is 1. The molecule has 1 amide bonds. The molecule has 28 heavy (non-hydrogen) atoms. The van der Waals surface area contributed by atoms with Crippen molar-refractivity contribution in [2.24, 2.45) is 0 Å². The highest BCUT2D eigenvalue weighted by Crippen LogP contribution is 2.34. The third-order valence-electron chi connectivity index (χ3n) is 4.78. The molecule has 0 atom stereocenters. The van der Waals surface area contributed by atoms with Gasteiger partial charge in [-0.05, 0) is 12.1 Å². The summed E-state index contributed by atoms with van der Waals surface area (Å²) in [6.07, 6.45) is 5.53. The second-order valence-electron chi connectivity index (χ2n) is 6.63. The average Bonchev–Trinajstić information content (AvgIpc) is 3.32. The Kier molecular flexibility index (Phi) is 3.69. The molecule has 0 radical (unpaired) electrons. The number of H-pyrrole nitrogens is 2. The van der Waals surface area contributed by atoms with Crippen molar-refractivity contribution in [1.82, 2.24) is 19.9 Å². The smallest absolute Gasteiger partial charge is 0.222 e. The summed E-state index contributed by atoms with van der Waals surface area (Å²) in [6.45, 7) is 1.47. The number of carbonyl (C=O) groups is 1. The molecule has 3 aromatic heterocycles. The lowest BCUT2D eigenvalue weighted by Gasteiger charge is -2.10. The van der Waals surface area contributed by atoms with Crippen molar-refractivity contribution >= 4 is 33.5 Å². The number of rotatable bonds is 3. The molecule has 0 fully saturated rings. The van der Waals surface area contributed by atoms with Crippen molar-refractivity contribution in [2.75, 3.05) is 5.32 Å². The van der Waals surface area contributed by atoms with Gasteiger partial charge in [0.1, 0.15) is 5.69 Å². The Morgan fingerprint density at radius 2 is 1.50 bits per heavy atom. The monoisotopic (exact) mass is 367 g/mol. The van der Waals surface area contributed by atoms with Gasteiger partial charge >= 0.3 is 0 Å². The summed E-state index contributed by atoms with van der Waals surface area (Å²) in [6, 6.07) is 16.1. The molecule has 6 nitrogen and oxygen atoms in total. The Morgan fingerprint density at radius 1 is 0.893 bits per heavy atom. The van der Waals surface area contributed by atoms with E-state index >= 15 is 0 Å². The lowest BCUT2D eigenvalue weighted by molar-refractivity contribution is -0.114. The van der Waals surface area contributed by atoms with Crippen LogP contribution in [0.15, 0.2) is 67.1 Å². The third-order valence-corrected chi connectivity index (χ3v) is 4.78. The first-order valence-electron chi connectivity index (χ1n) is 8.98. The first-order chi connectivity index (χ1) is 13.7.